The minimum atomic E-state index is -0.773. The van der Waals surface area contributed by atoms with Crippen LogP contribution in [0.5, 0.6) is 5.75 Å². The molecule has 2 rings (SSSR count). The van der Waals surface area contributed by atoms with E-state index in [0.29, 0.717) is 0 Å². The number of nitrogens with one attached hydrogen (secondary N) is 1. The van der Waals surface area contributed by atoms with Crippen molar-refractivity contribution in [2.75, 3.05) is 12.8 Å². The molecule has 1 aromatic heterocycles. The number of halogens is 3. The summed E-state index contributed by atoms with van der Waals surface area (Å²) in [5.74, 6) is -1.29. The fourth-order valence-electron chi connectivity index (χ4n) is 1.43. The highest BCUT2D eigenvalue weighted by atomic mass is 79.9. The molecule has 0 amide bonds. The maximum Gasteiger partial charge on any atom is 0.153 e. The summed E-state index contributed by atoms with van der Waals surface area (Å²) in [6, 6.07) is 2.43. The lowest BCUT2D eigenvalue weighted by Gasteiger charge is -2.08. The molecule has 1 aromatic carbocycles. The molecule has 3 N–H and O–H groups in total. The predicted octanol–water partition coefficient (Wildman–Crippen LogP) is 2.71. The van der Waals surface area contributed by atoms with Crippen molar-refractivity contribution in [3.05, 3.63) is 28.2 Å². The van der Waals surface area contributed by atoms with E-state index >= 15 is 0 Å². The van der Waals surface area contributed by atoms with Crippen molar-refractivity contribution >= 4 is 21.7 Å². The molecule has 0 radical (unpaired) electrons. The zero-order valence-corrected chi connectivity index (χ0v) is 10.3. The molecular weight excluding hydrogens is 296 g/mol. The van der Waals surface area contributed by atoms with Gasteiger partial charge in [0.05, 0.1) is 22.8 Å². The molecule has 0 bridgehead atoms. The number of benzene rings is 1. The molecule has 4 nitrogen and oxygen atoms in total. The highest BCUT2D eigenvalue weighted by Crippen LogP contribution is 2.36. The maximum atomic E-state index is 13.9. The van der Waals surface area contributed by atoms with Crippen LogP contribution in [0.1, 0.15) is 0 Å². The second-order valence-electron chi connectivity index (χ2n) is 3.27. The summed E-state index contributed by atoms with van der Waals surface area (Å²) in [6.45, 7) is 0. The molecule has 1 heterocycles. The van der Waals surface area contributed by atoms with Gasteiger partial charge in [-0.15, -0.1) is 0 Å². The number of hydrogen-bond acceptors (Lipinski definition) is 3. The first kappa shape index (κ1) is 11.8. The van der Waals surface area contributed by atoms with Crippen molar-refractivity contribution in [3.63, 3.8) is 0 Å². The van der Waals surface area contributed by atoms with Crippen molar-refractivity contribution in [2.45, 2.75) is 0 Å². The van der Waals surface area contributed by atoms with Gasteiger partial charge in [0.1, 0.15) is 17.4 Å². The van der Waals surface area contributed by atoms with E-state index in [1.165, 1.54) is 13.2 Å². The monoisotopic (exact) mass is 303 g/mol. The molecule has 17 heavy (non-hydrogen) atoms. The van der Waals surface area contributed by atoms with E-state index in [1.54, 1.807) is 0 Å². The standard InChI is InChI=1S/C10H8BrF2N3O/c1-17-6-2-4(12)8(10(13)9(6)11)5-3-7(14)16-15-5/h2-3H,1H3,(H3,14,15,16). The molecule has 2 aromatic rings. The number of H-pyrrole nitrogens is 1. The number of hydrogen-bond donors (Lipinski definition) is 2. The number of ether oxygens (including phenoxy) is 1. The Kier molecular flexibility index (Phi) is 3.01. The molecule has 0 aliphatic heterocycles. The molecular formula is C10H8BrF2N3O. The van der Waals surface area contributed by atoms with Gasteiger partial charge in [0.15, 0.2) is 5.82 Å². The van der Waals surface area contributed by atoms with Crippen LogP contribution in [0.3, 0.4) is 0 Å². The highest BCUT2D eigenvalue weighted by Gasteiger charge is 2.20. The van der Waals surface area contributed by atoms with Crippen LogP contribution < -0.4 is 10.5 Å². The minimum absolute atomic E-state index is 0.0459. The van der Waals surface area contributed by atoms with E-state index in [4.69, 9.17) is 10.5 Å². The van der Waals surface area contributed by atoms with Gasteiger partial charge in [0.25, 0.3) is 0 Å². The summed E-state index contributed by atoms with van der Waals surface area (Å²) in [6.07, 6.45) is 0. The first-order chi connectivity index (χ1) is 8.04. The van der Waals surface area contributed by atoms with E-state index in [2.05, 4.69) is 26.1 Å². The zero-order valence-electron chi connectivity index (χ0n) is 8.72. The molecule has 0 fully saturated rings. The smallest absolute Gasteiger partial charge is 0.153 e. The lowest BCUT2D eigenvalue weighted by molar-refractivity contribution is 0.403. The molecule has 0 atom stereocenters. The predicted molar refractivity (Wildman–Crippen MR) is 62.6 cm³/mol. The second-order valence-corrected chi connectivity index (χ2v) is 4.06. The molecule has 0 saturated heterocycles. The van der Waals surface area contributed by atoms with Crippen molar-refractivity contribution in [1.29, 1.82) is 0 Å². The van der Waals surface area contributed by atoms with Crippen LogP contribution in [-0.2, 0) is 0 Å². The Morgan fingerprint density at radius 2 is 2.12 bits per heavy atom. The van der Waals surface area contributed by atoms with Gasteiger partial charge in [-0.1, -0.05) is 0 Å². The summed E-state index contributed by atoms with van der Waals surface area (Å²) < 4.78 is 32.6. The summed E-state index contributed by atoms with van der Waals surface area (Å²) in [7, 11) is 1.33. The van der Waals surface area contributed by atoms with E-state index in [0.717, 1.165) is 6.07 Å². The molecule has 0 saturated carbocycles. The van der Waals surface area contributed by atoms with E-state index in [-0.39, 0.29) is 27.3 Å². The Labute approximate surface area is 104 Å². The topological polar surface area (TPSA) is 63.9 Å². The molecule has 90 valence electrons. The molecule has 0 aliphatic rings. The van der Waals surface area contributed by atoms with Gasteiger partial charge in [-0.3, -0.25) is 5.10 Å². The summed E-state index contributed by atoms with van der Waals surface area (Å²) in [5.41, 5.74) is 5.32. The number of nitrogens with zero attached hydrogens (tertiary/aromatic N) is 1. The third kappa shape index (κ3) is 1.97. The Morgan fingerprint density at radius 1 is 1.41 bits per heavy atom. The minimum Gasteiger partial charge on any atom is -0.495 e. The van der Waals surface area contributed by atoms with Gasteiger partial charge in [0, 0.05) is 12.1 Å². The Hall–Kier alpha value is -1.63. The average molecular weight is 304 g/mol. The number of aromatic amines is 1. The second kappa shape index (κ2) is 4.33. The molecule has 0 aliphatic carbocycles. The molecule has 0 spiro atoms. The fraction of sp³-hybridized carbons (Fsp3) is 0.100. The maximum absolute atomic E-state index is 13.9. The number of nitrogen functional groups attached to an aromatic ring is 1. The van der Waals surface area contributed by atoms with Crippen LogP contribution in [-0.4, -0.2) is 17.3 Å². The highest BCUT2D eigenvalue weighted by molar-refractivity contribution is 9.10. The summed E-state index contributed by atoms with van der Waals surface area (Å²) in [4.78, 5) is 0. The summed E-state index contributed by atoms with van der Waals surface area (Å²) in [5, 5.41) is 6.07. The lowest BCUT2D eigenvalue weighted by Crippen LogP contribution is -1.96. The Bertz CT molecular complexity index is 571. The van der Waals surface area contributed by atoms with Crippen molar-refractivity contribution in [1.82, 2.24) is 10.2 Å². The molecule has 7 heteroatoms. The number of nitrogens with two attached hydrogens (primary N) is 1. The van der Waals surface area contributed by atoms with Crippen LogP contribution in [0.2, 0.25) is 0 Å². The first-order valence-electron chi connectivity index (χ1n) is 4.57. The van der Waals surface area contributed by atoms with Crippen molar-refractivity contribution in [2.24, 2.45) is 0 Å². The third-order valence-electron chi connectivity index (χ3n) is 2.21. The summed E-state index contributed by atoms with van der Waals surface area (Å²) >= 11 is 3.00. The van der Waals surface area contributed by atoms with Gasteiger partial charge in [-0.2, -0.15) is 5.10 Å². The quantitative estimate of drug-likeness (QED) is 0.839. The normalized spacial score (nSPS) is 10.6. The van der Waals surface area contributed by atoms with Gasteiger partial charge < -0.3 is 10.5 Å². The van der Waals surface area contributed by atoms with Gasteiger partial charge in [0.2, 0.25) is 0 Å². The van der Waals surface area contributed by atoms with Crippen LogP contribution in [0.15, 0.2) is 16.6 Å². The van der Waals surface area contributed by atoms with Crippen molar-refractivity contribution in [3.8, 4) is 17.0 Å². The number of methoxy groups -OCH3 is 1. The third-order valence-corrected chi connectivity index (χ3v) is 2.95. The molecule has 0 unspecified atom stereocenters. The SMILES string of the molecule is COc1cc(F)c(-c2cc(N)n[nH]2)c(F)c1Br. The largest absolute Gasteiger partial charge is 0.495 e. The van der Waals surface area contributed by atoms with Crippen molar-refractivity contribution < 1.29 is 13.5 Å². The van der Waals surface area contributed by atoms with E-state index < -0.39 is 11.6 Å². The van der Waals surface area contributed by atoms with Gasteiger partial charge in [-0.25, -0.2) is 8.78 Å². The first-order valence-corrected chi connectivity index (χ1v) is 5.36. The Morgan fingerprint density at radius 3 is 2.65 bits per heavy atom. The lowest BCUT2D eigenvalue weighted by atomic mass is 10.1. The van der Waals surface area contributed by atoms with Crippen LogP contribution in [0.25, 0.3) is 11.3 Å². The van der Waals surface area contributed by atoms with E-state index in [9.17, 15) is 8.78 Å². The van der Waals surface area contributed by atoms with Gasteiger partial charge >= 0.3 is 0 Å². The van der Waals surface area contributed by atoms with Crippen LogP contribution >= 0.6 is 15.9 Å². The number of anilines is 1. The van der Waals surface area contributed by atoms with Crippen LogP contribution in [0.4, 0.5) is 14.6 Å². The van der Waals surface area contributed by atoms with Gasteiger partial charge in [-0.05, 0) is 15.9 Å². The average Bonchev–Trinajstić information content (AvgIpc) is 2.70. The van der Waals surface area contributed by atoms with E-state index in [1.807, 2.05) is 0 Å². The number of aromatic nitrogens is 2. The van der Waals surface area contributed by atoms with Crippen LogP contribution in [0, 0.1) is 11.6 Å². The Balaban J connectivity index is 2.66. The fourth-order valence-corrected chi connectivity index (χ4v) is 1.91. The zero-order chi connectivity index (χ0) is 12.6. The number of rotatable bonds is 2.